The van der Waals surface area contributed by atoms with E-state index in [1.165, 1.54) is 0 Å². The Hall–Kier alpha value is -1.56. The number of nitrogens with two attached hydrogens (primary N) is 1. The fourth-order valence-electron chi connectivity index (χ4n) is 1.05. The zero-order valence-electron chi connectivity index (χ0n) is 8.49. The zero-order chi connectivity index (χ0) is 10.7. The summed E-state index contributed by atoms with van der Waals surface area (Å²) < 4.78 is 1.79. The number of aliphatic hydroxyl groups is 1. The lowest BCUT2D eigenvalue weighted by Gasteiger charge is -2.08. The number of halogens is 1. The number of hydrogen-bond acceptors (Lipinski definition) is 3. The van der Waals surface area contributed by atoms with Gasteiger partial charge in [-0.25, -0.2) is 14.8 Å². The summed E-state index contributed by atoms with van der Waals surface area (Å²) in [7, 11) is 1.82. The second-order valence-corrected chi connectivity index (χ2v) is 2.97. The second kappa shape index (κ2) is 5.35. The lowest BCUT2D eigenvalue weighted by atomic mass is 10.1. The lowest BCUT2D eigenvalue weighted by molar-refractivity contribution is -0.442. The number of hydrogen-bond donors (Lipinski definition) is 3. The van der Waals surface area contributed by atoms with Crippen molar-refractivity contribution in [2.45, 2.75) is 13.3 Å². The van der Waals surface area contributed by atoms with Gasteiger partial charge in [0, 0.05) is 6.92 Å². The van der Waals surface area contributed by atoms with Gasteiger partial charge in [-0.2, -0.15) is 5.10 Å². The number of rotatable bonds is 1. The van der Waals surface area contributed by atoms with Crippen LogP contribution in [0.25, 0.3) is 0 Å². The quantitative estimate of drug-likeness (QED) is 0.331. The molecule has 0 aliphatic carbocycles. The van der Waals surface area contributed by atoms with Gasteiger partial charge in [-0.1, -0.05) is 0 Å². The molecule has 0 unspecified atom stereocenters. The zero-order valence-corrected chi connectivity index (χ0v) is 9.25. The number of carbonyl (C=O) groups excluding carboxylic acids is 1. The summed E-state index contributed by atoms with van der Waals surface area (Å²) in [6.07, 6.45) is 2.30. The van der Waals surface area contributed by atoms with Crippen molar-refractivity contribution in [1.29, 1.82) is 0 Å². The van der Waals surface area contributed by atoms with Crippen molar-refractivity contribution in [2.75, 3.05) is 7.05 Å². The summed E-state index contributed by atoms with van der Waals surface area (Å²) >= 11 is 0. The molecule has 6 nitrogen and oxygen atoms in total. The molecule has 4 N–H and O–H groups in total. The van der Waals surface area contributed by atoms with Crippen molar-refractivity contribution in [3.05, 3.63) is 11.5 Å². The van der Waals surface area contributed by atoms with Gasteiger partial charge in [-0.05, 0) is 0 Å². The van der Waals surface area contributed by atoms with E-state index in [9.17, 15) is 9.90 Å². The third-order valence-corrected chi connectivity index (χ3v) is 2.00. The van der Waals surface area contributed by atoms with E-state index in [-0.39, 0.29) is 18.2 Å². The van der Waals surface area contributed by atoms with Crippen molar-refractivity contribution in [3.8, 4) is 0 Å². The predicted octanol–water partition coefficient (Wildman–Crippen LogP) is -3.08. The first-order valence-electron chi connectivity index (χ1n) is 4.10. The summed E-state index contributed by atoms with van der Waals surface area (Å²) in [6, 6.07) is -0.748. The van der Waals surface area contributed by atoms with Crippen LogP contribution in [0.3, 0.4) is 0 Å². The number of primary amides is 1. The Morgan fingerprint density at radius 3 is 2.87 bits per heavy atom. The number of carbonyl (C=O) groups is 1. The van der Waals surface area contributed by atoms with Gasteiger partial charge < -0.3 is 23.2 Å². The van der Waals surface area contributed by atoms with E-state index in [0.29, 0.717) is 17.8 Å². The van der Waals surface area contributed by atoms with E-state index in [1.54, 1.807) is 11.5 Å². The fraction of sp³-hybridized carbons (Fsp3) is 0.375. The predicted molar refractivity (Wildman–Crippen MR) is 52.3 cm³/mol. The van der Waals surface area contributed by atoms with Crippen LogP contribution in [-0.2, 0) is 0 Å². The third kappa shape index (κ3) is 3.25. The Morgan fingerprint density at radius 1 is 1.73 bits per heavy atom. The van der Waals surface area contributed by atoms with Crippen LogP contribution in [0.5, 0.6) is 0 Å². The highest BCUT2D eigenvalue weighted by Gasteiger charge is 2.21. The summed E-state index contributed by atoms with van der Waals surface area (Å²) in [4.78, 5) is 10.4. The average molecular weight is 233 g/mol. The lowest BCUT2D eigenvalue weighted by Crippen LogP contribution is -3.00. The SMILES string of the molecule is CC1=C(O)C(=NNC(N)=O)CC=[N+]1C.[Cl-]. The van der Waals surface area contributed by atoms with Gasteiger partial charge >= 0.3 is 6.03 Å². The van der Waals surface area contributed by atoms with Crippen LogP contribution < -0.4 is 23.6 Å². The van der Waals surface area contributed by atoms with E-state index in [4.69, 9.17) is 5.73 Å². The summed E-state index contributed by atoms with van der Waals surface area (Å²) in [5.74, 6) is 0.0729. The van der Waals surface area contributed by atoms with E-state index in [0.717, 1.165) is 0 Å². The van der Waals surface area contributed by atoms with Crippen LogP contribution in [-0.4, -0.2) is 34.7 Å². The minimum Gasteiger partial charge on any atom is -1.00 e. The van der Waals surface area contributed by atoms with Crippen LogP contribution in [0.15, 0.2) is 16.6 Å². The van der Waals surface area contributed by atoms with Gasteiger partial charge in [0.1, 0.15) is 12.8 Å². The highest BCUT2D eigenvalue weighted by Crippen LogP contribution is 2.09. The maximum Gasteiger partial charge on any atom is 0.332 e. The molecule has 0 aromatic rings. The summed E-state index contributed by atoms with van der Waals surface area (Å²) in [5.41, 5.74) is 8.00. The molecule has 0 saturated carbocycles. The molecule has 0 bridgehead atoms. The van der Waals surface area contributed by atoms with Gasteiger partial charge in [-0.15, -0.1) is 0 Å². The molecular weight excluding hydrogens is 220 g/mol. The second-order valence-electron chi connectivity index (χ2n) is 2.97. The number of nitrogens with zero attached hydrogens (tertiary/aromatic N) is 2. The van der Waals surface area contributed by atoms with Crippen LogP contribution in [0.2, 0.25) is 0 Å². The molecular formula is C8H13ClN4O2. The van der Waals surface area contributed by atoms with Gasteiger partial charge in [0.2, 0.25) is 11.5 Å². The number of nitrogens with one attached hydrogen (secondary N) is 1. The molecule has 1 rings (SSSR count). The summed E-state index contributed by atoms with van der Waals surface area (Å²) in [6.45, 7) is 1.75. The number of urea groups is 1. The van der Waals surface area contributed by atoms with E-state index >= 15 is 0 Å². The standard InChI is InChI=1S/C8H12N4O2.ClH/c1-5-7(13)6(3-4-12(5)2)10-11-8(9)14;/h4H,3H2,1-2H3,(H3-,9,11,13,14);1H. The molecule has 0 fully saturated rings. The van der Waals surface area contributed by atoms with Gasteiger partial charge in [-0.3, -0.25) is 0 Å². The van der Waals surface area contributed by atoms with Gasteiger partial charge in [0.15, 0.2) is 6.21 Å². The van der Waals surface area contributed by atoms with Crippen molar-refractivity contribution in [1.82, 2.24) is 5.43 Å². The molecule has 1 aliphatic rings. The molecule has 0 spiro atoms. The largest absolute Gasteiger partial charge is 1.00 e. The smallest absolute Gasteiger partial charge is 0.332 e. The van der Waals surface area contributed by atoms with E-state index < -0.39 is 6.03 Å². The van der Waals surface area contributed by atoms with Crippen LogP contribution in [0.1, 0.15) is 13.3 Å². The van der Waals surface area contributed by atoms with Crippen molar-refractivity contribution < 1.29 is 26.9 Å². The Bertz CT molecular complexity index is 360. The highest BCUT2D eigenvalue weighted by atomic mass is 35.5. The molecule has 0 aromatic heterocycles. The molecule has 1 aliphatic heterocycles. The molecule has 2 amide bonds. The first-order valence-corrected chi connectivity index (χ1v) is 4.10. The van der Waals surface area contributed by atoms with E-state index in [2.05, 4.69) is 10.5 Å². The Morgan fingerprint density at radius 2 is 2.33 bits per heavy atom. The minimum absolute atomic E-state index is 0. The summed E-state index contributed by atoms with van der Waals surface area (Å²) in [5, 5.41) is 13.3. The van der Waals surface area contributed by atoms with Crippen molar-refractivity contribution in [3.63, 3.8) is 0 Å². The molecule has 1 heterocycles. The topological polar surface area (TPSA) is 90.7 Å². The van der Waals surface area contributed by atoms with E-state index in [1.807, 2.05) is 13.3 Å². The van der Waals surface area contributed by atoms with Crippen LogP contribution in [0.4, 0.5) is 4.79 Å². The molecule has 7 heteroatoms. The Labute approximate surface area is 93.6 Å². The number of hydrazone groups is 1. The maximum atomic E-state index is 10.4. The maximum absolute atomic E-state index is 10.4. The molecule has 0 aromatic carbocycles. The first kappa shape index (κ1) is 13.4. The monoisotopic (exact) mass is 232 g/mol. The normalized spacial score (nSPS) is 18.3. The number of amides is 2. The molecule has 84 valence electrons. The number of allylic oxidation sites excluding steroid dienone is 2. The molecule has 15 heavy (non-hydrogen) atoms. The van der Waals surface area contributed by atoms with Crippen LogP contribution in [0, 0.1) is 0 Å². The Kier molecular flexibility index (Phi) is 4.80. The van der Waals surface area contributed by atoms with Crippen LogP contribution >= 0.6 is 0 Å². The third-order valence-electron chi connectivity index (χ3n) is 2.00. The Balaban J connectivity index is 0.00000196. The van der Waals surface area contributed by atoms with Crippen molar-refractivity contribution >= 4 is 18.0 Å². The highest BCUT2D eigenvalue weighted by molar-refractivity contribution is 6.06. The molecule has 0 radical (unpaired) electrons. The van der Waals surface area contributed by atoms with Gasteiger partial charge in [0.05, 0.1) is 6.42 Å². The first-order chi connectivity index (χ1) is 6.52. The van der Waals surface area contributed by atoms with Crippen molar-refractivity contribution in [2.24, 2.45) is 10.8 Å². The molecule has 0 saturated heterocycles. The average Bonchev–Trinajstić information content (AvgIpc) is 2.13. The molecule has 0 atom stereocenters. The number of aliphatic hydroxyl groups excluding tert-OH is 1. The van der Waals surface area contributed by atoms with Gasteiger partial charge in [0.25, 0.3) is 0 Å². The minimum atomic E-state index is -0.748. The fourth-order valence-corrected chi connectivity index (χ4v) is 1.05.